The zero-order valence-corrected chi connectivity index (χ0v) is 12.2. The molecule has 21 heavy (non-hydrogen) atoms. The number of rotatable bonds is 0. The van der Waals surface area contributed by atoms with Crippen LogP contribution in [0.15, 0.2) is 12.1 Å². The van der Waals surface area contributed by atoms with Crippen LogP contribution in [0, 0.1) is 0 Å². The van der Waals surface area contributed by atoms with Gasteiger partial charge in [0.05, 0.1) is 5.41 Å². The second-order valence-electron chi connectivity index (χ2n) is 6.51. The number of alkyl halides is 2. The molecule has 0 fully saturated rings. The van der Waals surface area contributed by atoms with Crippen molar-refractivity contribution in [2.75, 3.05) is 13.1 Å². The van der Waals surface area contributed by atoms with E-state index in [0.29, 0.717) is 31.5 Å². The van der Waals surface area contributed by atoms with E-state index in [1.54, 1.807) is 19.9 Å². The van der Waals surface area contributed by atoms with Crippen LogP contribution in [-0.4, -0.2) is 35.1 Å². The van der Waals surface area contributed by atoms with E-state index in [4.69, 9.17) is 5.11 Å². The third-order valence-corrected chi connectivity index (χ3v) is 5.00. The van der Waals surface area contributed by atoms with Crippen molar-refractivity contribution in [1.29, 1.82) is 0 Å². The SMILES string of the molecule is CC1(C)c2c(ccc3c2CCN(C(=O)O)CC3)CC1(F)F. The van der Waals surface area contributed by atoms with Crippen LogP contribution in [0.5, 0.6) is 0 Å². The number of amides is 1. The topological polar surface area (TPSA) is 40.5 Å². The standard InChI is InChI=1S/C16H19F2NO2/c1-15(2)13-11(9-16(15,17)18)4-3-10-5-7-19(14(20)21)8-6-12(10)13/h3-4H,5-9H2,1-2H3,(H,20,21). The van der Waals surface area contributed by atoms with Gasteiger partial charge in [0.2, 0.25) is 0 Å². The van der Waals surface area contributed by atoms with Crippen molar-refractivity contribution in [2.24, 2.45) is 0 Å². The Kier molecular flexibility index (Phi) is 3.01. The predicted molar refractivity (Wildman–Crippen MR) is 75.1 cm³/mol. The van der Waals surface area contributed by atoms with E-state index in [9.17, 15) is 13.6 Å². The van der Waals surface area contributed by atoms with Crippen LogP contribution in [0.1, 0.15) is 36.1 Å². The van der Waals surface area contributed by atoms with Crippen molar-refractivity contribution in [3.63, 3.8) is 0 Å². The highest BCUT2D eigenvalue weighted by Crippen LogP contribution is 2.51. The van der Waals surface area contributed by atoms with E-state index < -0.39 is 17.4 Å². The second-order valence-corrected chi connectivity index (χ2v) is 6.51. The molecule has 0 spiro atoms. The monoisotopic (exact) mass is 295 g/mol. The highest BCUT2D eigenvalue weighted by Gasteiger charge is 2.55. The van der Waals surface area contributed by atoms with Crippen LogP contribution in [0.2, 0.25) is 0 Å². The van der Waals surface area contributed by atoms with E-state index in [-0.39, 0.29) is 6.42 Å². The van der Waals surface area contributed by atoms with E-state index in [1.165, 1.54) is 4.90 Å². The zero-order valence-electron chi connectivity index (χ0n) is 12.2. The van der Waals surface area contributed by atoms with Gasteiger partial charge in [0.1, 0.15) is 0 Å². The largest absolute Gasteiger partial charge is 0.465 e. The quantitative estimate of drug-likeness (QED) is 0.798. The Morgan fingerprint density at radius 3 is 2.48 bits per heavy atom. The van der Waals surface area contributed by atoms with Crippen molar-refractivity contribution in [2.45, 2.75) is 44.4 Å². The third kappa shape index (κ3) is 2.01. The molecular formula is C16H19F2NO2. The lowest BCUT2D eigenvalue weighted by Crippen LogP contribution is -2.37. The maximum atomic E-state index is 14.3. The number of nitrogens with zero attached hydrogens (tertiary/aromatic N) is 1. The summed E-state index contributed by atoms with van der Waals surface area (Å²) in [5.74, 6) is -2.75. The minimum atomic E-state index is -2.75. The molecule has 5 heteroatoms. The van der Waals surface area contributed by atoms with Gasteiger partial charge >= 0.3 is 6.09 Å². The van der Waals surface area contributed by atoms with Gasteiger partial charge in [0, 0.05) is 19.5 Å². The fraction of sp³-hybridized carbons (Fsp3) is 0.562. The summed E-state index contributed by atoms with van der Waals surface area (Å²) in [6, 6.07) is 3.70. The first-order valence-electron chi connectivity index (χ1n) is 7.24. The number of carbonyl (C=O) groups is 1. The summed E-state index contributed by atoms with van der Waals surface area (Å²) in [5.41, 5.74) is 2.23. The Morgan fingerprint density at radius 2 is 1.81 bits per heavy atom. The number of fused-ring (bicyclic) bond motifs is 3. The summed E-state index contributed by atoms with van der Waals surface area (Å²) < 4.78 is 28.6. The number of hydrogen-bond acceptors (Lipinski definition) is 1. The average Bonchev–Trinajstić information content (AvgIpc) is 2.55. The molecule has 0 aromatic heterocycles. The van der Waals surface area contributed by atoms with Gasteiger partial charge in [-0.2, -0.15) is 0 Å². The van der Waals surface area contributed by atoms with E-state index in [1.807, 2.05) is 6.07 Å². The van der Waals surface area contributed by atoms with Crippen molar-refractivity contribution < 1.29 is 18.7 Å². The molecule has 114 valence electrons. The second kappa shape index (κ2) is 4.42. The van der Waals surface area contributed by atoms with Gasteiger partial charge in [0.25, 0.3) is 5.92 Å². The molecule has 1 heterocycles. The van der Waals surface area contributed by atoms with Gasteiger partial charge in [-0.1, -0.05) is 12.1 Å². The zero-order chi connectivity index (χ0) is 15.4. The molecule has 1 aliphatic carbocycles. The number of benzene rings is 1. The van der Waals surface area contributed by atoms with Crippen molar-refractivity contribution in [3.05, 3.63) is 34.4 Å². The molecule has 1 aliphatic heterocycles. The van der Waals surface area contributed by atoms with E-state index >= 15 is 0 Å². The molecule has 1 aromatic rings. The first-order chi connectivity index (χ1) is 9.74. The lowest BCUT2D eigenvalue weighted by atomic mass is 9.79. The normalized spacial score (nSPS) is 22.4. The smallest absolute Gasteiger partial charge is 0.407 e. The van der Waals surface area contributed by atoms with E-state index in [2.05, 4.69) is 0 Å². The molecule has 1 aromatic carbocycles. The van der Waals surface area contributed by atoms with Crippen LogP contribution in [0.4, 0.5) is 13.6 Å². The molecule has 0 saturated heterocycles. The Hall–Kier alpha value is -1.65. The molecule has 0 unspecified atom stereocenters. The number of carboxylic acid groups (broad SMARTS) is 1. The van der Waals surface area contributed by atoms with Crippen molar-refractivity contribution in [3.8, 4) is 0 Å². The van der Waals surface area contributed by atoms with E-state index in [0.717, 1.165) is 16.7 Å². The Bertz CT molecular complexity index is 611. The molecule has 0 saturated carbocycles. The summed E-state index contributed by atoms with van der Waals surface area (Å²) in [5, 5.41) is 9.13. The Balaban J connectivity index is 2.07. The summed E-state index contributed by atoms with van der Waals surface area (Å²) in [4.78, 5) is 12.5. The fourth-order valence-corrected chi connectivity index (χ4v) is 3.63. The minimum absolute atomic E-state index is 0.217. The van der Waals surface area contributed by atoms with Crippen LogP contribution in [0.25, 0.3) is 0 Å². The van der Waals surface area contributed by atoms with Gasteiger partial charge in [0.15, 0.2) is 0 Å². The van der Waals surface area contributed by atoms with Crippen LogP contribution >= 0.6 is 0 Å². The molecule has 2 aliphatic rings. The summed E-state index contributed by atoms with van der Waals surface area (Å²) in [6.07, 6.45) is -0.0457. The van der Waals surface area contributed by atoms with Gasteiger partial charge in [-0.15, -0.1) is 0 Å². The Morgan fingerprint density at radius 1 is 1.19 bits per heavy atom. The summed E-state index contributed by atoms with van der Waals surface area (Å²) >= 11 is 0. The highest BCUT2D eigenvalue weighted by molar-refractivity contribution is 5.65. The summed E-state index contributed by atoms with van der Waals surface area (Å²) in [6.45, 7) is 4.00. The molecule has 0 radical (unpaired) electrons. The molecule has 3 rings (SSSR count). The molecule has 3 nitrogen and oxygen atoms in total. The minimum Gasteiger partial charge on any atom is -0.465 e. The maximum absolute atomic E-state index is 14.3. The number of halogens is 2. The highest BCUT2D eigenvalue weighted by atomic mass is 19.3. The predicted octanol–water partition coefficient (Wildman–Crippen LogP) is 3.23. The van der Waals surface area contributed by atoms with Crippen LogP contribution in [-0.2, 0) is 24.7 Å². The first-order valence-corrected chi connectivity index (χ1v) is 7.24. The molecule has 1 amide bonds. The maximum Gasteiger partial charge on any atom is 0.407 e. The lowest BCUT2D eigenvalue weighted by Gasteiger charge is -2.29. The first kappa shape index (κ1) is 14.3. The molecule has 1 N–H and O–H groups in total. The molecule has 0 bridgehead atoms. The molecular weight excluding hydrogens is 276 g/mol. The average molecular weight is 295 g/mol. The lowest BCUT2D eigenvalue weighted by molar-refractivity contribution is -0.0514. The Labute approximate surface area is 122 Å². The third-order valence-electron chi connectivity index (χ3n) is 5.00. The van der Waals surface area contributed by atoms with Crippen molar-refractivity contribution >= 4 is 6.09 Å². The van der Waals surface area contributed by atoms with Crippen LogP contribution < -0.4 is 0 Å². The van der Waals surface area contributed by atoms with Crippen molar-refractivity contribution in [1.82, 2.24) is 4.90 Å². The summed E-state index contributed by atoms with van der Waals surface area (Å²) in [7, 11) is 0. The van der Waals surface area contributed by atoms with Gasteiger partial charge in [-0.3, -0.25) is 0 Å². The molecule has 0 atom stereocenters. The number of hydrogen-bond donors (Lipinski definition) is 1. The van der Waals surface area contributed by atoms with Gasteiger partial charge < -0.3 is 10.0 Å². The van der Waals surface area contributed by atoms with Gasteiger partial charge in [-0.25, -0.2) is 13.6 Å². The van der Waals surface area contributed by atoms with Crippen LogP contribution in [0.3, 0.4) is 0 Å². The van der Waals surface area contributed by atoms with Gasteiger partial charge in [-0.05, 0) is 48.9 Å². The fourth-order valence-electron chi connectivity index (χ4n) is 3.63.